The second kappa shape index (κ2) is 12.8. The van der Waals surface area contributed by atoms with E-state index >= 15 is 0 Å². The van der Waals surface area contributed by atoms with E-state index in [1.165, 1.54) is 6.92 Å². The van der Waals surface area contributed by atoms with E-state index < -0.39 is 43.3 Å². The normalized spacial score (nSPS) is 16.8. The quantitative estimate of drug-likeness (QED) is 0.113. The number of hydrogen-bond donors (Lipinski definition) is 1. The molecule has 1 amide bonds. The van der Waals surface area contributed by atoms with Crippen LogP contribution < -0.4 is 20.8 Å². The molecule has 4 heterocycles. The highest BCUT2D eigenvalue weighted by Crippen LogP contribution is 2.41. The third kappa shape index (κ3) is 6.47. The number of pyridine rings is 2. The van der Waals surface area contributed by atoms with Crippen molar-refractivity contribution in [3.8, 4) is 17.1 Å². The number of alkyl carbamates (subject to hydrolysis) is 1. The van der Waals surface area contributed by atoms with Gasteiger partial charge in [-0.25, -0.2) is 14.6 Å². The summed E-state index contributed by atoms with van der Waals surface area (Å²) >= 11 is 0. The number of fused-ring (bicyclic) bond motifs is 5. The van der Waals surface area contributed by atoms with Crippen molar-refractivity contribution >= 4 is 48.2 Å². The first-order valence-electron chi connectivity index (χ1n) is 16.3. The molecule has 48 heavy (non-hydrogen) atoms. The number of cyclic esters (lactones) is 1. The van der Waals surface area contributed by atoms with Gasteiger partial charge in [0.2, 0.25) is 5.60 Å². The SMILES string of the molecule is CCC[Si](C)(C)c1c2c(nc3ccc(OC(C)=O)cc13)-c1cc3c(c(=O)n1C2)COC(=O)[C@@]3(CC)OC(=O)CCNC(=O)OC(C)(C)C. The van der Waals surface area contributed by atoms with E-state index in [2.05, 4.69) is 25.3 Å². The number of ether oxygens (including phenoxy) is 4. The Morgan fingerprint density at radius 1 is 1.10 bits per heavy atom. The molecule has 13 heteroatoms. The highest BCUT2D eigenvalue weighted by atomic mass is 28.3. The van der Waals surface area contributed by atoms with Gasteiger partial charge in [0.1, 0.15) is 18.0 Å². The predicted molar refractivity (Wildman–Crippen MR) is 181 cm³/mol. The van der Waals surface area contributed by atoms with Crippen LogP contribution in [0.1, 0.15) is 77.5 Å². The molecular weight excluding hydrogens is 634 g/mol. The fourth-order valence-corrected chi connectivity index (χ4v) is 10.2. The second-order valence-corrected chi connectivity index (χ2v) is 18.7. The zero-order valence-electron chi connectivity index (χ0n) is 28.8. The van der Waals surface area contributed by atoms with Crippen LogP contribution in [0.3, 0.4) is 0 Å². The summed E-state index contributed by atoms with van der Waals surface area (Å²) < 4.78 is 23.6. The largest absolute Gasteiger partial charge is 0.457 e. The number of esters is 3. The van der Waals surface area contributed by atoms with Gasteiger partial charge in [-0.15, -0.1) is 0 Å². The molecule has 0 saturated carbocycles. The smallest absolute Gasteiger partial charge is 0.407 e. The first-order valence-corrected chi connectivity index (χ1v) is 19.5. The molecule has 256 valence electrons. The Hall–Kier alpha value is -4.52. The first-order chi connectivity index (χ1) is 22.5. The molecule has 0 fully saturated rings. The monoisotopic (exact) mass is 677 g/mol. The lowest BCUT2D eigenvalue weighted by molar-refractivity contribution is -0.189. The molecule has 2 aliphatic rings. The van der Waals surface area contributed by atoms with Crippen molar-refractivity contribution in [2.45, 2.75) is 104 Å². The number of nitrogens with one attached hydrogen (secondary N) is 1. The molecular formula is C35H43N3O9Si. The first kappa shape index (κ1) is 34.8. The topological polar surface area (TPSA) is 152 Å². The minimum Gasteiger partial charge on any atom is -0.457 e. The van der Waals surface area contributed by atoms with E-state index in [1.807, 2.05) is 12.1 Å². The number of aromatic nitrogens is 2. The van der Waals surface area contributed by atoms with E-state index in [0.717, 1.165) is 28.6 Å². The third-order valence-corrected chi connectivity index (χ3v) is 12.4. The summed E-state index contributed by atoms with van der Waals surface area (Å²) in [5.41, 5.74) is 0.373. The third-order valence-electron chi connectivity index (χ3n) is 8.73. The second-order valence-electron chi connectivity index (χ2n) is 13.9. The predicted octanol–water partition coefficient (Wildman–Crippen LogP) is 4.80. The van der Waals surface area contributed by atoms with Crippen LogP contribution >= 0.6 is 0 Å². The van der Waals surface area contributed by atoms with Crippen LogP contribution in [0.4, 0.5) is 4.79 Å². The van der Waals surface area contributed by atoms with Gasteiger partial charge in [0.05, 0.1) is 43.5 Å². The Morgan fingerprint density at radius 2 is 1.83 bits per heavy atom. The van der Waals surface area contributed by atoms with Crippen molar-refractivity contribution in [2.75, 3.05) is 6.54 Å². The number of nitrogens with zero attached hydrogens (tertiary/aromatic N) is 2. The summed E-state index contributed by atoms with van der Waals surface area (Å²) in [6.45, 7) is 14.9. The zero-order chi connectivity index (χ0) is 35.2. The molecule has 0 radical (unpaired) electrons. The van der Waals surface area contributed by atoms with E-state index in [-0.39, 0.29) is 49.2 Å². The van der Waals surface area contributed by atoms with Crippen LogP contribution in [-0.2, 0) is 47.3 Å². The van der Waals surface area contributed by atoms with E-state index in [0.29, 0.717) is 22.7 Å². The summed E-state index contributed by atoms with van der Waals surface area (Å²) in [6.07, 6.45) is 0.0720. The molecule has 2 aliphatic heterocycles. The van der Waals surface area contributed by atoms with Crippen molar-refractivity contribution in [3.63, 3.8) is 0 Å². The number of hydrogen-bond acceptors (Lipinski definition) is 10. The fourth-order valence-electron chi connectivity index (χ4n) is 6.79. The van der Waals surface area contributed by atoms with Gasteiger partial charge in [0, 0.05) is 24.4 Å². The van der Waals surface area contributed by atoms with Crippen molar-refractivity contribution in [3.05, 3.63) is 51.3 Å². The molecule has 1 aromatic carbocycles. The van der Waals surface area contributed by atoms with E-state index in [4.69, 9.17) is 23.9 Å². The van der Waals surface area contributed by atoms with Gasteiger partial charge < -0.3 is 28.8 Å². The summed E-state index contributed by atoms with van der Waals surface area (Å²) in [5.74, 6) is -1.51. The zero-order valence-corrected chi connectivity index (χ0v) is 29.8. The number of benzene rings is 1. The van der Waals surface area contributed by atoms with Gasteiger partial charge in [-0.3, -0.25) is 14.4 Å². The fraction of sp³-hybridized carbons (Fsp3) is 0.486. The minimum absolute atomic E-state index is 0.0194. The molecule has 0 saturated heterocycles. The lowest BCUT2D eigenvalue weighted by Crippen LogP contribution is -2.47. The Morgan fingerprint density at radius 3 is 2.48 bits per heavy atom. The molecule has 1 atom stereocenters. The van der Waals surface area contributed by atoms with E-state index in [9.17, 15) is 24.0 Å². The van der Waals surface area contributed by atoms with Crippen LogP contribution in [-0.4, -0.2) is 53.8 Å². The number of amides is 1. The maximum absolute atomic E-state index is 14.2. The number of carbonyl (C=O) groups is 4. The van der Waals surface area contributed by atoms with Crippen molar-refractivity contribution in [1.29, 1.82) is 0 Å². The number of rotatable bonds is 9. The van der Waals surface area contributed by atoms with Gasteiger partial charge in [-0.2, -0.15) is 0 Å². The maximum atomic E-state index is 14.2. The summed E-state index contributed by atoms with van der Waals surface area (Å²) in [6, 6.07) is 8.09. The summed E-state index contributed by atoms with van der Waals surface area (Å²) in [7, 11) is -2.14. The Labute approximate surface area is 280 Å². The molecule has 0 spiro atoms. The van der Waals surface area contributed by atoms with Crippen LogP contribution in [0, 0.1) is 0 Å². The van der Waals surface area contributed by atoms with Gasteiger partial charge in [0.15, 0.2) is 0 Å². The van der Waals surface area contributed by atoms with Crippen LogP contribution in [0.25, 0.3) is 22.3 Å². The molecule has 12 nitrogen and oxygen atoms in total. The average Bonchev–Trinajstić information content (AvgIpc) is 3.34. The Kier molecular flexibility index (Phi) is 9.30. The minimum atomic E-state index is -2.14. The van der Waals surface area contributed by atoms with Gasteiger partial charge in [0.25, 0.3) is 5.56 Å². The molecule has 0 bridgehead atoms. The van der Waals surface area contributed by atoms with Gasteiger partial charge in [-0.05, 0) is 62.2 Å². The maximum Gasteiger partial charge on any atom is 0.407 e. The van der Waals surface area contributed by atoms with Crippen molar-refractivity contribution in [2.24, 2.45) is 0 Å². The lowest BCUT2D eigenvalue weighted by Gasteiger charge is -2.35. The van der Waals surface area contributed by atoms with Crippen LogP contribution in [0.2, 0.25) is 19.1 Å². The molecule has 0 unspecified atom stereocenters. The van der Waals surface area contributed by atoms with E-state index in [1.54, 1.807) is 44.4 Å². The lowest BCUT2D eigenvalue weighted by atomic mass is 9.85. The summed E-state index contributed by atoms with van der Waals surface area (Å²) in [5, 5.41) is 4.54. The highest BCUT2D eigenvalue weighted by molar-refractivity contribution is 6.91. The summed E-state index contributed by atoms with van der Waals surface area (Å²) in [4.78, 5) is 69.6. The van der Waals surface area contributed by atoms with Gasteiger partial charge in [-0.1, -0.05) is 39.4 Å². The highest BCUT2D eigenvalue weighted by Gasteiger charge is 2.50. The van der Waals surface area contributed by atoms with Crippen molar-refractivity contribution in [1.82, 2.24) is 14.9 Å². The number of carbonyl (C=O) groups excluding carboxylic acids is 4. The van der Waals surface area contributed by atoms with Crippen LogP contribution in [0.15, 0.2) is 29.1 Å². The average molecular weight is 678 g/mol. The molecule has 2 aromatic heterocycles. The Balaban J connectivity index is 1.59. The van der Waals surface area contributed by atoms with Crippen LogP contribution in [0.5, 0.6) is 5.75 Å². The Bertz CT molecular complexity index is 1890. The molecule has 0 aliphatic carbocycles. The molecule has 5 rings (SSSR count). The van der Waals surface area contributed by atoms with Crippen molar-refractivity contribution < 1.29 is 38.1 Å². The van der Waals surface area contributed by atoms with Gasteiger partial charge >= 0.3 is 24.0 Å². The molecule has 3 aromatic rings. The standard InChI is InChI=1S/C35H43N3O9Si/c1-9-15-48(7,8)30-22-16-21(45-20(3)39)11-12-26(22)37-29-23(30)18-38-27(29)17-25-24(31(38)41)19-44-32(42)35(25,10-2)46-28(40)13-14-36-33(43)47-34(4,5)6/h11-12,16-17H,9-10,13-15,18-19H2,1-8H3,(H,36,43)/t35-/m0/s1. The molecule has 1 N–H and O–H groups in total.